The molecule has 2 atom stereocenters. The summed E-state index contributed by atoms with van der Waals surface area (Å²) in [4.78, 5) is 18.4. The second kappa shape index (κ2) is 8.97. The van der Waals surface area contributed by atoms with Gasteiger partial charge in [0.2, 0.25) is 0 Å². The molecule has 2 aliphatic rings. The lowest BCUT2D eigenvalue weighted by Crippen LogP contribution is -2.42. The number of aromatic nitrogens is 5. The summed E-state index contributed by atoms with van der Waals surface area (Å²) in [5.74, 6) is 1.33. The van der Waals surface area contributed by atoms with Crippen LogP contribution in [-0.2, 0) is 11.3 Å². The molecule has 2 aliphatic heterocycles. The molecule has 3 aromatic rings. The van der Waals surface area contributed by atoms with E-state index in [2.05, 4.69) is 25.4 Å². The van der Waals surface area contributed by atoms with E-state index in [0.717, 1.165) is 36.1 Å². The molecule has 10 heteroatoms. The Balaban J connectivity index is 1.59. The molecule has 0 amide bonds. The second-order valence-electron chi connectivity index (χ2n) is 8.53. The number of nitrogens with one attached hydrogen (secondary N) is 1. The predicted molar refractivity (Wildman–Crippen MR) is 117 cm³/mol. The third-order valence-corrected chi connectivity index (χ3v) is 6.44. The minimum atomic E-state index is -0.432. The number of aromatic amines is 1. The number of hydrogen-bond acceptors (Lipinski definition) is 8. The molecule has 1 aromatic carbocycles. The van der Waals surface area contributed by atoms with Crippen molar-refractivity contribution in [3.05, 3.63) is 46.0 Å². The standard InChI is InChI=1S/C22H28N6O4/c1-31-16-4-5-19-14(11-16)12-18(22(30)23-19)20(27-8-6-15(29)7-9-27)21-24-25-26-28(21)13-17-3-2-10-32-17/h4-5,11-12,15,17,20,29H,2-3,6-10,13H2,1H3,(H,23,30)/t17-,20-/m1/s1. The molecule has 0 radical (unpaired) electrons. The molecule has 4 heterocycles. The number of nitrogens with zero attached hydrogens (tertiary/aromatic N) is 5. The molecule has 2 N–H and O–H groups in total. The zero-order chi connectivity index (χ0) is 22.1. The average molecular weight is 441 g/mol. The molecule has 0 bridgehead atoms. The lowest BCUT2D eigenvalue weighted by Gasteiger charge is -2.35. The number of ether oxygens (including phenoxy) is 2. The Labute approximate surface area is 185 Å². The van der Waals surface area contributed by atoms with Crippen molar-refractivity contribution in [3.8, 4) is 5.75 Å². The Kier molecular flexibility index (Phi) is 5.90. The fraction of sp³-hybridized carbons (Fsp3) is 0.545. The first-order valence-corrected chi connectivity index (χ1v) is 11.1. The maximum absolute atomic E-state index is 13.2. The molecule has 5 rings (SSSR count). The van der Waals surface area contributed by atoms with Crippen LogP contribution in [0.2, 0.25) is 0 Å². The lowest BCUT2D eigenvalue weighted by atomic mass is 9.99. The van der Waals surface area contributed by atoms with Gasteiger partial charge in [-0.2, -0.15) is 0 Å². The molecule has 170 valence electrons. The molecular weight excluding hydrogens is 412 g/mol. The topological polar surface area (TPSA) is 118 Å². The van der Waals surface area contributed by atoms with Crippen LogP contribution in [-0.4, -0.2) is 74.2 Å². The van der Waals surface area contributed by atoms with Crippen LogP contribution in [0.3, 0.4) is 0 Å². The molecule has 2 fully saturated rings. The number of tetrazole rings is 1. The van der Waals surface area contributed by atoms with Crippen molar-refractivity contribution in [2.24, 2.45) is 0 Å². The first-order chi connectivity index (χ1) is 15.6. The monoisotopic (exact) mass is 440 g/mol. The summed E-state index contributed by atoms with van der Waals surface area (Å²) in [6, 6.07) is 7.04. The first-order valence-electron chi connectivity index (χ1n) is 11.1. The fourth-order valence-corrected chi connectivity index (χ4v) is 4.69. The normalized spacial score (nSPS) is 21.2. The highest BCUT2D eigenvalue weighted by Crippen LogP contribution is 2.30. The van der Waals surface area contributed by atoms with E-state index in [-0.39, 0.29) is 17.8 Å². The van der Waals surface area contributed by atoms with Gasteiger partial charge in [-0.25, -0.2) is 4.68 Å². The molecule has 32 heavy (non-hydrogen) atoms. The van der Waals surface area contributed by atoms with Gasteiger partial charge in [-0.15, -0.1) is 5.10 Å². The van der Waals surface area contributed by atoms with E-state index in [9.17, 15) is 9.90 Å². The van der Waals surface area contributed by atoms with Crippen LogP contribution < -0.4 is 10.3 Å². The van der Waals surface area contributed by atoms with Crippen LogP contribution in [0.5, 0.6) is 5.75 Å². The van der Waals surface area contributed by atoms with Crippen LogP contribution in [0.1, 0.15) is 43.1 Å². The van der Waals surface area contributed by atoms with Gasteiger partial charge in [0.15, 0.2) is 5.82 Å². The van der Waals surface area contributed by atoms with E-state index in [1.54, 1.807) is 11.8 Å². The number of pyridine rings is 1. The molecule has 2 aromatic heterocycles. The number of hydrogen-bond donors (Lipinski definition) is 2. The quantitative estimate of drug-likeness (QED) is 0.588. The Morgan fingerprint density at radius 2 is 2.12 bits per heavy atom. The van der Waals surface area contributed by atoms with Crippen molar-refractivity contribution in [1.82, 2.24) is 30.1 Å². The number of rotatable bonds is 6. The fourth-order valence-electron chi connectivity index (χ4n) is 4.69. The van der Waals surface area contributed by atoms with Crippen LogP contribution in [0.4, 0.5) is 0 Å². The van der Waals surface area contributed by atoms with Gasteiger partial charge < -0.3 is 19.6 Å². The maximum Gasteiger partial charge on any atom is 0.253 e. The highest BCUT2D eigenvalue weighted by molar-refractivity contribution is 5.80. The SMILES string of the molecule is COc1ccc2[nH]c(=O)c([C@H](c3nnnn3C[C@H]3CCCO3)N3CCC(O)CC3)cc2c1. The van der Waals surface area contributed by atoms with Crippen LogP contribution >= 0.6 is 0 Å². The molecule has 0 aliphatic carbocycles. The van der Waals surface area contributed by atoms with Crippen LogP contribution in [0.25, 0.3) is 10.9 Å². The number of methoxy groups -OCH3 is 1. The molecular formula is C22H28N6O4. The van der Waals surface area contributed by atoms with Crippen LogP contribution in [0.15, 0.2) is 29.1 Å². The van der Waals surface area contributed by atoms with E-state index in [1.165, 1.54) is 0 Å². The highest BCUT2D eigenvalue weighted by atomic mass is 16.5. The Bertz CT molecular complexity index is 1130. The van der Waals surface area contributed by atoms with Gasteiger partial charge in [-0.1, -0.05) is 0 Å². The smallest absolute Gasteiger partial charge is 0.253 e. The van der Waals surface area contributed by atoms with Gasteiger partial charge in [-0.3, -0.25) is 9.69 Å². The highest BCUT2D eigenvalue weighted by Gasteiger charge is 2.33. The van der Waals surface area contributed by atoms with E-state index in [4.69, 9.17) is 9.47 Å². The Morgan fingerprint density at radius 1 is 1.28 bits per heavy atom. The van der Waals surface area contributed by atoms with Crippen molar-refractivity contribution >= 4 is 10.9 Å². The maximum atomic E-state index is 13.2. The number of fused-ring (bicyclic) bond motifs is 1. The van der Waals surface area contributed by atoms with Crippen molar-refractivity contribution in [1.29, 1.82) is 0 Å². The van der Waals surface area contributed by atoms with Gasteiger partial charge in [-0.05, 0) is 60.4 Å². The summed E-state index contributed by atoms with van der Waals surface area (Å²) in [6.07, 6.45) is 3.03. The summed E-state index contributed by atoms with van der Waals surface area (Å²) < 4.78 is 12.9. The summed E-state index contributed by atoms with van der Waals surface area (Å²) in [5.41, 5.74) is 1.14. The number of aliphatic hydroxyl groups excluding tert-OH is 1. The zero-order valence-electron chi connectivity index (χ0n) is 18.1. The molecule has 0 unspecified atom stereocenters. The largest absolute Gasteiger partial charge is 0.497 e. The summed E-state index contributed by atoms with van der Waals surface area (Å²) >= 11 is 0. The first kappa shape index (κ1) is 21.0. The van der Waals surface area contributed by atoms with Gasteiger partial charge in [0.25, 0.3) is 5.56 Å². The number of likely N-dealkylation sites (tertiary alicyclic amines) is 1. The van der Waals surface area contributed by atoms with E-state index in [1.807, 2.05) is 24.3 Å². The predicted octanol–water partition coefficient (Wildman–Crippen LogP) is 1.25. The minimum absolute atomic E-state index is 0.0697. The number of piperidine rings is 1. The summed E-state index contributed by atoms with van der Waals surface area (Å²) in [5, 5.41) is 23.4. The molecule has 10 nitrogen and oxygen atoms in total. The minimum Gasteiger partial charge on any atom is -0.497 e. The Morgan fingerprint density at radius 3 is 2.88 bits per heavy atom. The third kappa shape index (κ3) is 4.13. The van der Waals surface area contributed by atoms with Gasteiger partial charge in [0, 0.05) is 36.2 Å². The second-order valence-corrected chi connectivity index (χ2v) is 8.53. The lowest BCUT2D eigenvalue weighted by molar-refractivity contribution is 0.0632. The molecule has 0 spiro atoms. The summed E-state index contributed by atoms with van der Waals surface area (Å²) in [7, 11) is 1.62. The number of H-pyrrole nitrogens is 1. The van der Waals surface area contributed by atoms with Gasteiger partial charge >= 0.3 is 0 Å². The molecule has 0 saturated carbocycles. The van der Waals surface area contributed by atoms with E-state index >= 15 is 0 Å². The Hall–Kier alpha value is -2.82. The van der Waals surface area contributed by atoms with Crippen molar-refractivity contribution in [2.75, 3.05) is 26.8 Å². The van der Waals surface area contributed by atoms with Crippen LogP contribution in [0, 0.1) is 0 Å². The average Bonchev–Trinajstić information content (AvgIpc) is 3.48. The van der Waals surface area contributed by atoms with Gasteiger partial charge in [0.1, 0.15) is 11.8 Å². The van der Waals surface area contributed by atoms with Crippen molar-refractivity contribution in [3.63, 3.8) is 0 Å². The number of aliphatic hydroxyl groups is 1. The number of benzene rings is 1. The third-order valence-electron chi connectivity index (χ3n) is 6.44. The van der Waals surface area contributed by atoms with Crippen molar-refractivity contribution < 1.29 is 14.6 Å². The summed E-state index contributed by atoms with van der Waals surface area (Å²) in [6.45, 7) is 2.60. The van der Waals surface area contributed by atoms with Gasteiger partial charge in [0.05, 0.1) is 25.9 Å². The van der Waals surface area contributed by atoms with Crippen molar-refractivity contribution in [2.45, 2.75) is 50.5 Å². The zero-order valence-corrected chi connectivity index (χ0v) is 18.1. The van der Waals surface area contributed by atoms with E-state index in [0.29, 0.717) is 43.9 Å². The molecule has 2 saturated heterocycles. The van der Waals surface area contributed by atoms with E-state index < -0.39 is 6.04 Å².